The van der Waals surface area contributed by atoms with Crippen LogP contribution in [0.15, 0.2) is 12.4 Å². The van der Waals surface area contributed by atoms with Crippen LogP contribution < -0.4 is 0 Å². The molecule has 0 aliphatic rings. The Balaban J connectivity index is 3.24. The number of ether oxygens (including phenoxy) is 1. The van der Waals surface area contributed by atoms with Gasteiger partial charge >= 0.3 is 11.7 Å². The first kappa shape index (κ1) is 10.9. The van der Waals surface area contributed by atoms with E-state index in [4.69, 9.17) is 0 Å². The molecule has 0 atom stereocenters. The van der Waals surface area contributed by atoms with Crippen LogP contribution in [-0.4, -0.2) is 27.6 Å². The SMILES string of the molecule is CCOC(=O)c1c(O)cncc1[N+](=O)[O-]. The van der Waals surface area contributed by atoms with Crippen molar-refractivity contribution in [3.05, 3.63) is 28.1 Å². The topological polar surface area (TPSA) is 103 Å². The van der Waals surface area contributed by atoms with Gasteiger partial charge in [-0.05, 0) is 6.92 Å². The number of nitro groups is 1. The van der Waals surface area contributed by atoms with Crippen molar-refractivity contribution in [2.24, 2.45) is 0 Å². The third-order valence-corrected chi connectivity index (χ3v) is 1.58. The van der Waals surface area contributed by atoms with Gasteiger partial charge in [-0.2, -0.15) is 0 Å². The summed E-state index contributed by atoms with van der Waals surface area (Å²) in [5, 5.41) is 19.8. The van der Waals surface area contributed by atoms with Crippen molar-refractivity contribution in [2.75, 3.05) is 6.61 Å². The largest absolute Gasteiger partial charge is 0.505 e. The van der Waals surface area contributed by atoms with Crippen LogP contribution in [0.25, 0.3) is 0 Å². The molecule has 1 heterocycles. The number of esters is 1. The number of aromatic nitrogens is 1. The molecule has 0 saturated heterocycles. The summed E-state index contributed by atoms with van der Waals surface area (Å²) in [6, 6.07) is 0. The van der Waals surface area contributed by atoms with E-state index in [1.165, 1.54) is 0 Å². The van der Waals surface area contributed by atoms with E-state index in [9.17, 15) is 20.0 Å². The second-order valence-corrected chi connectivity index (χ2v) is 2.53. The molecule has 1 N–H and O–H groups in total. The molecule has 0 aliphatic heterocycles. The first-order valence-electron chi connectivity index (χ1n) is 4.06. The maximum absolute atomic E-state index is 11.3. The van der Waals surface area contributed by atoms with Gasteiger partial charge < -0.3 is 9.84 Å². The number of carbonyl (C=O) groups excluding carboxylic acids is 1. The molecule has 80 valence electrons. The molecule has 0 fully saturated rings. The van der Waals surface area contributed by atoms with E-state index >= 15 is 0 Å². The van der Waals surface area contributed by atoms with E-state index in [-0.39, 0.29) is 6.61 Å². The lowest BCUT2D eigenvalue weighted by Gasteiger charge is -2.03. The molecule has 0 aromatic carbocycles. The number of pyridine rings is 1. The maximum Gasteiger partial charge on any atom is 0.349 e. The number of hydrogen-bond donors (Lipinski definition) is 1. The predicted molar refractivity (Wildman–Crippen MR) is 48.5 cm³/mol. The third kappa shape index (κ3) is 2.19. The Morgan fingerprint density at radius 2 is 2.33 bits per heavy atom. The molecule has 0 unspecified atom stereocenters. The number of aromatic hydroxyl groups is 1. The highest BCUT2D eigenvalue weighted by atomic mass is 16.6. The van der Waals surface area contributed by atoms with Gasteiger partial charge in [0, 0.05) is 0 Å². The van der Waals surface area contributed by atoms with E-state index < -0.39 is 27.9 Å². The van der Waals surface area contributed by atoms with E-state index in [2.05, 4.69) is 9.72 Å². The second kappa shape index (κ2) is 4.36. The minimum Gasteiger partial charge on any atom is -0.505 e. The number of nitrogens with zero attached hydrogens (tertiary/aromatic N) is 2. The standard InChI is InChI=1S/C8H8N2O5/c1-2-15-8(12)7-5(10(13)14)3-9-4-6(7)11/h3-4,11H,2H2,1H3. The highest BCUT2D eigenvalue weighted by Crippen LogP contribution is 2.26. The summed E-state index contributed by atoms with van der Waals surface area (Å²) in [5.41, 5.74) is -1.05. The molecular formula is C8H8N2O5. The molecule has 0 bridgehead atoms. The Morgan fingerprint density at radius 1 is 1.67 bits per heavy atom. The average Bonchev–Trinajstić information content (AvgIpc) is 2.17. The van der Waals surface area contributed by atoms with Crippen molar-refractivity contribution in [3.63, 3.8) is 0 Å². The lowest BCUT2D eigenvalue weighted by atomic mass is 10.2. The molecule has 0 aliphatic carbocycles. The summed E-state index contributed by atoms with van der Waals surface area (Å²) in [7, 11) is 0. The van der Waals surface area contributed by atoms with E-state index in [1.54, 1.807) is 6.92 Å². The summed E-state index contributed by atoms with van der Waals surface area (Å²) in [4.78, 5) is 24.4. The van der Waals surface area contributed by atoms with Gasteiger partial charge in [-0.3, -0.25) is 15.1 Å². The monoisotopic (exact) mass is 212 g/mol. The van der Waals surface area contributed by atoms with Crippen molar-refractivity contribution < 1.29 is 19.6 Å². The summed E-state index contributed by atoms with van der Waals surface area (Å²) in [6.07, 6.45) is 1.82. The lowest BCUT2D eigenvalue weighted by Crippen LogP contribution is -2.08. The van der Waals surface area contributed by atoms with Crippen molar-refractivity contribution in [1.29, 1.82) is 0 Å². The number of hydrogen-bond acceptors (Lipinski definition) is 6. The minimum atomic E-state index is -0.941. The summed E-state index contributed by atoms with van der Waals surface area (Å²) in [5.74, 6) is -1.51. The summed E-state index contributed by atoms with van der Waals surface area (Å²) < 4.78 is 4.57. The lowest BCUT2D eigenvalue weighted by molar-refractivity contribution is -0.385. The Kier molecular flexibility index (Phi) is 3.17. The predicted octanol–water partition coefficient (Wildman–Crippen LogP) is 0.872. The number of rotatable bonds is 3. The van der Waals surface area contributed by atoms with Gasteiger partial charge in [0.05, 0.1) is 17.7 Å². The molecule has 7 heteroatoms. The Labute approximate surface area is 84.5 Å². The second-order valence-electron chi connectivity index (χ2n) is 2.53. The van der Waals surface area contributed by atoms with Crippen LogP contribution in [0.1, 0.15) is 17.3 Å². The van der Waals surface area contributed by atoms with Gasteiger partial charge in [0.25, 0.3) is 0 Å². The van der Waals surface area contributed by atoms with Gasteiger partial charge in [0.15, 0.2) is 11.3 Å². The average molecular weight is 212 g/mol. The van der Waals surface area contributed by atoms with Crippen molar-refractivity contribution in [1.82, 2.24) is 4.98 Å². The highest BCUT2D eigenvalue weighted by molar-refractivity contribution is 5.96. The molecule has 1 rings (SSSR count). The number of carbonyl (C=O) groups is 1. The Morgan fingerprint density at radius 3 is 2.87 bits per heavy atom. The summed E-state index contributed by atoms with van der Waals surface area (Å²) >= 11 is 0. The fraction of sp³-hybridized carbons (Fsp3) is 0.250. The van der Waals surface area contributed by atoms with Crippen molar-refractivity contribution in [2.45, 2.75) is 6.92 Å². The molecule has 15 heavy (non-hydrogen) atoms. The fourth-order valence-electron chi connectivity index (χ4n) is 0.990. The smallest absolute Gasteiger partial charge is 0.349 e. The maximum atomic E-state index is 11.3. The zero-order valence-electron chi connectivity index (χ0n) is 7.84. The Hall–Kier alpha value is -2.18. The van der Waals surface area contributed by atoms with Gasteiger partial charge in [-0.15, -0.1) is 0 Å². The molecule has 0 amide bonds. The van der Waals surface area contributed by atoms with E-state index in [1.807, 2.05) is 0 Å². The van der Waals surface area contributed by atoms with Crippen LogP contribution in [0.3, 0.4) is 0 Å². The first-order chi connectivity index (χ1) is 7.07. The first-order valence-corrected chi connectivity index (χ1v) is 4.06. The molecule has 0 saturated carbocycles. The fourth-order valence-corrected chi connectivity index (χ4v) is 0.990. The van der Waals surface area contributed by atoms with Gasteiger partial charge in [0.1, 0.15) is 6.20 Å². The highest BCUT2D eigenvalue weighted by Gasteiger charge is 2.25. The zero-order chi connectivity index (χ0) is 11.4. The van der Waals surface area contributed by atoms with Gasteiger partial charge in [0.2, 0.25) is 0 Å². The Bertz CT molecular complexity index is 404. The van der Waals surface area contributed by atoms with Crippen LogP contribution in [-0.2, 0) is 4.74 Å². The molecule has 0 radical (unpaired) electrons. The third-order valence-electron chi connectivity index (χ3n) is 1.58. The van der Waals surface area contributed by atoms with Crippen molar-refractivity contribution in [3.8, 4) is 5.75 Å². The minimum absolute atomic E-state index is 0.0672. The zero-order valence-corrected chi connectivity index (χ0v) is 7.84. The quantitative estimate of drug-likeness (QED) is 0.453. The van der Waals surface area contributed by atoms with Crippen LogP contribution in [0.5, 0.6) is 5.75 Å². The van der Waals surface area contributed by atoms with Crippen LogP contribution in [0.2, 0.25) is 0 Å². The molecule has 1 aromatic rings. The van der Waals surface area contributed by atoms with Crippen LogP contribution in [0, 0.1) is 10.1 Å². The van der Waals surface area contributed by atoms with E-state index in [0.717, 1.165) is 12.4 Å². The van der Waals surface area contributed by atoms with Crippen molar-refractivity contribution >= 4 is 11.7 Å². The molecule has 7 nitrogen and oxygen atoms in total. The van der Waals surface area contributed by atoms with Gasteiger partial charge in [-0.1, -0.05) is 0 Å². The molecule has 1 aromatic heterocycles. The van der Waals surface area contributed by atoms with E-state index in [0.29, 0.717) is 0 Å². The molecule has 0 spiro atoms. The molecular weight excluding hydrogens is 204 g/mol. The van der Waals surface area contributed by atoms with Crippen LogP contribution >= 0.6 is 0 Å². The van der Waals surface area contributed by atoms with Crippen LogP contribution in [0.4, 0.5) is 5.69 Å². The normalized spacial score (nSPS) is 9.67. The summed E-state index contributed by atoms with van der Waals surface area (Å²) in [6.45, 7) is 1.62. The van der Waals surface area contributed by atoms with Gasteiger partial charge in [-0.25, -0.2) is 4.79 Å².